The van der Waals surface area contributed by atoms with Gasteiger partial charge in [-0.3, -0.25) is 9.59 Å². The van der Waals surface area contributed by atoms with Gasteiger partial charge >= 0.3 is 0 Å². The lowest BCUT2D eigenvalue weighted by Gasteiger charge is -2.32. The largest absolute Gasteiger partial charge is 0.394 e. The zero-order valence-electron chi connectivity index (χ0n) is 14.8. The van der Waals surface area contributed by atoms with Crippen molar-refractivity contribution in [3.63, 3.8) is 0 Å². The van der Waals surface area contributed by atoms with Gasteiger partial charge in [-0.05, 0) is 25.5 Å². The summed E-state index contributed by atoms with van der Waals surface area (Å²) in [6, 6.07) is 8.56. The molecule has 2 heterocycles. The van der Waals surface area contributed by atoms with Crippen LogP contribution in [-0.4, -0.2) is 54.2 Å². The van der Waals surface area contributed by atoms with Crippen molar-refractivity contribution in [3.05, 3.63) is 46.2 Å². The maximum Gasteiger partial charge on any atom is 0.240 e. The highest BCUT2D eigenvalue weighted by molar-refractivity contribution is 5.82. The lowest BCUT2D eigenvalue weighted by Crippen LogP contribution is -2.51. The van der Waals surface area contributed by atoms with Crippen LogP contribution in [0.1, 0.15) is 12.1 Å². The molecule has 1 amide bonds. The van der Waals surface area contributed by atoms with Gasteiger partial charge in [0, 0.05) is 23.8 Å². The third-order valence-electron chi connectivity index (χ3n) is 4.59. The second kappa shape index (κ2) is 8.44. The van der Waals surface area contributed by atoms with Gasteiger partial charge in [-0.15, -0.1) is 0 Å². The van der Waals surface area contributed by atoms with Crippen LogP contribution in [0, 0.1) is 6.92 Å². The number of fused-ring (bicyclic) bond motifs is 1. The van der Waals surface area contributed by atoms with E-state index in [1.807, 2.05) is 29.7 Å². The first-order valence-electron chi connectivity index (χ1n) is 8.79. The van der Waals surface area contributed by atoms with E-state index in [-0.39, 0.29) is 43.2 Å². The van der Waals surface area contributed by atoms with E-state index in [2.05, 4.69) is 5.32 Å². The molecule has 0 unspecified atom stereocenters. The van der Waals surface area contributed by atoms with Crippen molar-refractivity contribution in [1.29, 1.82) is 0 Å². The fourth-order valence-corrected chi connectivity index (χ4v) is 3.32. The Kier molecular flexibility index (Phi) is 6.03. The molecule has 140 valence electrons. The highest BCUT2D eigenvalue weighted by Crippen LogP contribution is 2.14. The van der Waals surface area contributed by atoms with Crippen LogP contribution in [0.5, 0.6) is 0 Å². The SMILES string of the molecule is Cc1cc(=O)c2ccccc2n1CC(=O)N[C@@H]1COCC[C@@H]1OCCO. The molecule has 1 aromatic heterocycles. The number of carbonyl (C=O) groups excluding carboxylic acids is 1. The molecule has 0 radical (unpaired) electrons. The molecular formula is C19H24N2O5. The van der Waals surface area contributed by atoms with Crippen LogP contribution in [0.4, 0.5) is 0 Å². The van der Waals surface area contributed by atoms with Crippen molar-refractivity contribution in [2.24, 2.45) is 0 Å². The smallest absolute Gasteiger partial charge is 0.240 e. The second-order valence-electron chi connectivity index (χ2n) is 6.42. The number of aromatic nitrogens is 1. The molecule has 1 aliphatic heterocycles. The molecule has 0 spiro atoms. The fraction of sp³-hybridized carbons (Fsp3) is 0.474. The van der Waals surface area contributed by atoms with Gasteiger partial charge in [0.25, 0.3) is 0 Å². The number of rotatable bonds is 6. The Morgan fingerprint density at radius 2 is 2.23 bits per heavy atom. The number of ether oxygens (including phenoxy) is 2. The average Bonchev–Trinajstić information content (AvgIpc) is 2.64. The van der Waals surface area contributed by atoms with Crippen molar-refractivity contribution in [2.45, 2.75) is 32.0 Å². The lowest BCUT2D eigenvalue weighted by molar-refractivity contribution is -0.127. The lowest BCUT2D eigenvalue weighted by atomic mass is 10.1. The number of nitrogens with zero attached hydrogens (tertiary/aromatic N) is 1. The molecule has 2 atom stereocenters. The van der Waals surface area contributed by atoms with E-state index < -0.39 is 0 Å². The van der Waals surface area contributed by atoms with Gasteiger partial charge in [-0.2, -0.15) is 0 Å². The van der Waals surface area contributed by atoms with Gasteiger partial charge < -0.3 is 24.5 Å². The average molecular weight is 360 g/mol. The summed E-state index contributed by atoms with van der Waals surface area (Å²) < 4.78 is 12.9. The highest BCUT2D eigenvalue weighted by Gasteiger charge is 2.28. The van der Waals surface area contributed by atoms with Gasteiger partial charge in [0.05, 0.1) is 37.5 Å². The number of aliphatic hydroxyl groups excluding tert-OH is 1. The minimum absolute atomic E-state index is 0.0482. The van der Waals surface area contributed by atoms with E-state index in [1.165, 1.54) is 0 Å². The molecule has 0 bridgehead atoms. The van der Waals surface area contributed by atoms with Gasteiger partial charge in [0.15, 0.2) is 5.43 Å². The number of hydrogen-bond acceptors (Lipinski definition) is 5. The summed E-state index contributed by atoms with van der Waals surface area (Å²) in [5.41, 5.74) is 1.42. The summed E-state index contributed by atoms with van der Waals surface area (Å²) in [7, 11) is 0. The molecule has 1 saturated heterocycles. The number of hydrogen-bond donors (Lipinski definition) is 2. The monoisotopic (exact) mass is 360 g/mol. The number of carbonyl (C=O) groups is 1. The first-order valence-corrected chi connectivity index (χ1v) is 8.79. The first kappa shape index (κ1) is 18.6. The van der Waals surface area contributed by atoms with Crippen LogP contribution in [0.15, 0.2) is 35.1 Å². The molecular weight excluding hydrogens is 336 g/mol. The van der Waals surface area contributed by atoms with Gasteiger partial charge in [-0.25, -0.2) is 0 Å². The molecule has 1 fully saturated rings. The molecule has 7 heteroatoms. The molecule has 2 N–H and O–H groups in total. The zero-order chi connectivity index (χ0) is 18.5. The van der Waals surface area contributed by atoms with E-state index in [1.54, 1.807) is 12.1 Å². The fourth-order valence-electron chi connectivity index (χ4n) is 3.32. The Bertz CT molecular complexity index is 832. The van der Waals surface area contributed by atoms with Crippen LogP contribution in [-0.2, 0) is 20.8 Å². The summed E-state index contributed by atoms with van der Waals surface area (Å²) in [4.78, 5) is 24.7. The standard InChI is InChI=1S/C19H24N2O5/c1-13-10-17(23)14-4-2-3-5-16(14)21(13)11-19(24)20-15-12-25-8-6-18(15)26-9-7-22/h2-5,10,15,18,22H,6-9,11-12H2,1H3,(H,20,24)/t15-,18+/m1/s1. The molecule has 0 aliphatic carbocycles. The van der Waals surface area contributed by atoms with Crippen molar-refractivity contribution >= 4 is 16.8 Å². The molecule has 2 aromatic rings. The predicted octanol–water partition coefficient (Wildman–Crippen LogP) is 0.593. The maximum absolute atomic E-state index is 12.6. The predicted molar refractivity (Wildman–Crippen MR) is 97.1 cm³/mol. The number of pyridine rings is 1. The molecule has 0 saturated carbocycles. The summed E-state index contributed by atoms with van der Waals surface area (Å²) in [5, 5.41) is 12.5. The minimum atomic E-state index is -0.256. The summed E-state index contributed by atoms with van der Waals surface area (Å²) in [6.45, 7) is 3.06. The van der Waals surface area contributed by atoms with Crippen LogP contribution in [0.3, 0.4) is 0 Å². The van der Waals surface area contributed by atoms with E-state index in [9.17, 15) is 9.59 Å². The number of aliphatic hydroxyl groups is 1. The number of amides is 1. The minimum Gasteiger partial charge on any atom is -0.394 e. The number of benzene rings is 1. The summed E-state index contributed by atoms with van der Waals surface area (Å²) in [6.07, 6.45) is 0.497. The molecule has 3 rings (SSSR count). The Morgan fingerprint density at radius 1 is 1.42 bits per heavy atom. The first-order chi connectivity index (χ1) is 12.6. The Balaban J connectivity index is 1.76. The third kappa shape index (κ3) is 4.12. The quantitative estimate of drug-likeness (QED) is 0.787. The van der Waals surface area contributed by atoms with Crippen molar-refractivity contribution in [3.8, 4) is 0 Å². The Morgan fingerprint density at radius 3 is 3.04 bits per heavy atom. The van der Waals surface area contributed by atoms with Gasteiger partial charge in [0.1, 0.15) is 6.54 Å². The zero-order valence-corrected chi connectivity index (χ0v) is 14.8. The summed E-state index contributed by atoms with van der Waals surface area (Å²) >= 11 is 0. The number of nitrogens with one attached hydrogen (secondary N) is 1. The van der Waals surface area contributed by atoms with Crippen LogP contribution in [0.2, 0.25) is 0 Å². The van der Waals surface area contributed by atoms with Crippen LogP contribution >= 0.6 is 0 Å². The van der Waals surface area contributed by atoms with Crippen molar-refractivity contribution < 1.29 is 19.4 Å². The van der Waals surface area contributed by atoms with Crippen LogP contribution in [0.25, 0.3) is 10.9 Å². The van der Waals surface area contributed by atoms with Crippen molar-refractivity contribution in [1.82, 2.24) is 9.88 Å². The van der Waals surface area contributed by atoms with E-state index in [0.717, 1.165) is 11.2 Å². The molecule has 1 aromatic carbocycles. The Labute approximate surface area is 151 Å². The van der Waals surface area contributed by atoms with E-state index in [0.29, 0.717) is 25.0 Å². The molecule has 26 heavy (non-hydrogen) atoms. The Hall–Kier alpha value is -2.22. The topological polar surface area (TPSA) is 89.8 Å². The normalized spacial score (nSPS) is 20.2. The molecule has 1 aliphatic rings. The van der Waals surface area contributed by atoms with Gasteiger partial charge in [0.2, 0.25) is 5.91 Å². The van der Waals surface area contributed by atoms with Crippen LogP contribution < -0.4 is 10.7 Å². The number of para-hydroxylation sites is 1. The second-order valence-corrected chi connectivity index (χ2v) is 6.42. The maximum atomic E-state index is 12.6. The molecule has 7 nitrogen and oxygen atoms in total. The number of aryl methyl sites for hydroxylation is 1. The van der Waals surface area contributed by atoms with Gasteiger partial charge in [-0.1, -0.05) is 12.1 Å². The highest BCUT2D eigenvalue weighted by atomic mass is 16.5. The summed E-state index contributed by atoms with van der Waals surface area (Å²) in [5.74, 6) is -0.171. The van der Waals surface area contributed by atoms with Crippen molar-refractivity contribution in [2.75, 3.05) is 26.4 Å². The van der Waals surface area contributed by atoms with E-state index in [4.69, 9.17) is 14.6 Å². The van der Waals surface area contributed by atoms with E-state index >= 15 is 0 Å². The third-order valence-corrected chi connectivity index (χ3v) is 4.59.